The lowest BCUT2D eigenvalue weighted by molar-refractivity contribution is -0.138. The van der Waals surface area contributed by atoms with Crippen molar-refractivity contribution in [2.24, 2.45) is 0 Å². The summed E-state index contributed by atoms with van der Waals surface area (Å²) in [6.45, 7) is 2.00. The van der Waals surface area contributed by atoms with Crippen LogP contribution in [0, 0.1) is 0 Å². The Bertz CT molecular complexity index is 941. The Labute approximate surface area is 157 Å². The first-order valence-electron chi connectivity index (χ1n) is 8.15. The molecule has 0 bridgehead atoms. The predicted molar refractivity (Wildman–Crippen MR) is 99.2 cm³/mol. The maximum absolute atomic E-state index is 13.2. The molecule has 0 radical (unpaired) electrons. The summed E-state index contributed by atoms with van der Waals surface area (Å²) >= 11 is 6.12. The average molecular weight is 392 g/mol. The molecule has 1 atom stereocenters. The van der Waals surface area contributed by atoms with Gasteiger partial charge in [-0.3, -0.25) is 0 Å². The molecular formula is C19H18ClNO4S. The summed E-state index contributed by atoms with van der Waals surface area (Å²) in [5.74, 6) is -0.516. The number of carbonyl (C=O) groups excluding carboxylic acids is 1. The monoisotopic (exact) mass is 391 g/mol. The minimum Gasteiger partial charge on any atom is -0.463 e. The van der Waals surface area contributed by atoms with Crippen molar-refractivity contribution in [2.45, 2.75) is 17.9 Å². The van der Waals surface area contributed by atoms with Crippen molar-refractivity contribution in [3.05, 3.63) is 76.8 Å². The van der Waals surface area contributed by atoms with Crippen molar-refractivity contribution in [1.29, 1.82) is 0 Å². The molecule has 1 heterocycles. The zero-order chi connectivity index (χ0) is 18.7. The molecule has 0 spiro atoms. The van der Waals surface area contributed by atoms with Crippen LogP contribution in [0.3, 0.4) is 0 Å². The third-order valence-electron chi connectivity index (χ3n) is 4.12. The summed E-state index contributed by atoms with van der Waals surface area (Å²) in [7, 11) is -3.91. The van der Waals surface area contributed by atoms with Crippen molar-refractivity contribution >= 4 is 27.6 Å². The molecule has 0 N–H and O–H groups in total. The first-order valence-corrected chi connectivity index (χ1v) is 9.97. The quantitative estimate of drug-likeness (QED) is 0.731. The minimum atomic E-state index is -3.91. The summed E-state index contributed by atoms with van der Waals surface area (Å²) in [4.78, 5) is 12.4. The van der Waals surface area contributed by atoms with Gasteiger partial charge in [-0.15, -0.1) is 0 Å². The van der Waals surface area contributed by atoms with E-state index in [-0.39, 0.29) is 23.1 Å². The Balaban J connectivity index is 2.07. The van der Waals surface area contributed by atoms with E-state index in [2.05, 4.69) is 0 Å². The Hall–Kier alpha value is -2.15. The summed E-state index contributed by atoms with van der Waals surface area (Å²) < 4.78 is 32.8. The van der Waals surface area contributed by atoms with Gasteiger partial charge in [0.25, 0.3) is 0 Å². The normalized spacial score (nSPS) is 17.8. The zero-order valence-electron chi connectivity index (χ0n) is 14.1. The van der Waals surface area contributed by atoms with E-state index in [4.69, 9.17) is 16.3 Å². The van der Waals surface area contributed by atoms with Gasteiger partial charge in [0.1, 0.15) is 4.90 Å². The highest BCUT2D eigenvalue weighted by Crippen LogP contribution is 2.39. The molecule has 0 saturated heterocycles. The van der Waals surface area contributed by atoms with Crippen molar-refractivity contribution in [3.8, 4) is 0 Å². The van der Waals surface area contributed by atoms with Gasteiger partial charge in [0, 0.05) is 6.54 Å². The number of rotatable bonds is 5. The van der Waals surface area contributed by atoms with Gasteiger partial charge in [0.2, 0.25) is 10.0 Å². The van der Waals surface area contributed by atoms with E-state index in [0.29, 0.717) is 11.1 Å². The first kappa shape index (κ1) is 18.6. The van der Waals surface area contributed by atoms with Gasteiger partial charge in [0.05, 0.1) is 23.2 Å². The van der Waals surface area contributed by atoms with E-state index in [1.54, 1.807) is 49.4 Å². The van der Waals surface area contributed by atoms with Crippen LogP contribution in [0.15, 0.2) is 71.1 Å². The third-order valence-corrected chi connectivity index (χ3v) is 6.45. The van der Waals surface area contributed by atoms with Gasteiger partial charge >= 0.3 is 5.97 Å². The summed E-state index contributed by atoms with van der Waals surface area (Å²) in [6.07, 6.45) is 1.60. The Morgan fingerprint density at radius 3 is 2.46 bits per heavy atom. The van der Waals surface area contributed by atoms with Gasteiger partial charge in [-0.25, -0.2) is 13.2 Å². The molecule has 26 heavy (non-hydrogen) atoms. The number of esters is 1. The second kappa shape index (κ2) is 7.61. The van der Waals surface area contributed by atoms with Crippen molar-refractivity contribution in [2.75, 3.05) is 13.2 Å². The van der Waals surface area contributed by atoms with Gasteiger partial charge in [-0.1, -0.05) is 60.1 Å². The molecule has 0 saturated carbocycles. The van der Waals surface area contributed by atoms with Crippen molar-refractivity contribution < 1.29 is 17.9 Å². The molecule has 0 aliphatic carbocycles. The average Bonchev–Trinajstić information content (AvgIpc) is 3.09. The highest BCUT2D eigenvalue weighted by molar-refractivity contribution is 7.89. The van der Waals surface area contributed by atoms with Gasteiger partial charge in [-0.05, 0) is 24.6 Å². The highest BCUT2D eigenvalue weighted by Gasteiger charge is 2.41. The number of nitrogens with zero attached hydrogens (tertiary/aromatic N) is 1. The molecule has 136 valence electrons. The summed E-state index contributed by atoms with van der Waals surface area (Å²) in [5, 5.41) is 0.142. The molecule has 2 aromatic rings. The first-order chi connectivity index (χ1) is 12.5. The molecule has 5 nitrogen and oxygen atoms in total. The van der Waals surface area contributed by atoms with E-state index in [1.165, 1.54) is 16.4 Å². The molecule has 3 rings (SSSR count). The lowest BCUT2D eigenvalue weighted by Crippen LogP contribution is -2.33. The second-order valence-electron chi connectivity index (χ2n) is 5.70. The van der Waals surface area contributed by atoms with Gasteiger partial charge < -0.3 is 4.74 Å². The standard InChI is InChI=1S/C19H18ClNO4S/c1-2-25-19(22)15-12-13-21(18(15)14-8-4-3-5-9-14)26(23,24)17-11-7-6-10-16(17)20/h3-12,18H,2,13H2,1H3. The summed E-state index contributed by atoms with van der Waals surface area (Å²) in [6, 6.07) is 14.5. The Morgan fingerprint density at radius 1 is 1.15 bits per heavy atom. The van der Waals surface area contributed by atoms with Crippen LogP contribution in [0.5, 0.6) is 0 Å². The van der Waals surface area contributed by atoms with Gasteiger partial charge in [0.15, 0.2) is 0 Å². The van der Waals surface area contributed by atoms with Crippen molar-refractivity contribution in [1.82, 2.24) is 4.31 Å². The topological polar surface area (TPSA) is 63.7 Å². The van der Waals surface area contributed by atoms with E-state index < -0.39 is 22.0 Å². The fourth-order valence-electron chi connectivity index (χ4n) is 2.97. The number of hydrogen-bond acceptors (Lipinski definition) is 4. The molecule has 2 aromatic carbocycles. The zero-order valence-corrected chi connectivity index (χ0v) is 15.7. The fraction of sp³-hybridized carbons (Fsp3) is 0.211. The number of benzene rings is 2. The summed E-state index contributed by atoms with van der Waals surface area (Å²) in [5.41, 5.74) is 1.01. The molecule has 0 fully saturated rings. The maximum atomic E-state index is 13.2. The van der Waals surface area contributed by atoms with Crippen molar-refractivity contribution in [3.63, 3.8) is 0 Å². The van der Waals surface area contributed by atoms with Crippen LogP contribution >= 0.6 is 11.6 Å². The van der Waals surface area contributed by atoms with E-state index in [1.807, 2.05) is 6.07 Å². The van der Waals surface area contributed by atoms with Gasteiger partial charge in [-0.2, -0.15) is 4.31 Å². The van der Waals surface area contributed by atoms with E-state index in [9.17, 15) is 13.2 Å². The van der Waals surface area contributed by atoms with Crippen LogP contribution in [-0.2, 0) is 19.6 Å². The van der Waals surface area contributed by atoms with Crippen LogP contribution < -0.4 is 0 Å². The minimum absolute atomic E-state index is 0.0149. The van der Waals surface area contributed by atoms with Crippen LogP contribution in [-0.4, -0.2) is 31.8 Å². The van der Waals surface area contributed by atoms with E-state index >= 15 is 0 Å². The third kappa shape index (κ3) is 3.40. The molecule has 7 heteroatoms. The smallest absolute Gasteiger partial charge is 0.335 e. The molecule has 0 amide bonds. The van der Waals surface area contributed by atoms with Crippen LogP contribution in [0.4, 0.5) is 0 Å². The Kier molecular flexibility index (Phi) is 5.46. The number of halogens is 1. The highest BCUT2D eigenvalue weighted by atomic mass is 35.5. The predicted octanol–water partition coefficient (Wildman–Crippen LogP) is 3.58. The molecule has 1 aliphatic heterocycles. The molecule has 1 unspecified atom stereocenters. The fourth-order valence-corrected chi connectivity index (χ4v) is 5.00. The SMILES string of the molecule is CCOC(=O)C1=CCN(S(=O)(=O)c2ccccc2Cl)C1c1ccccc1. The number of carbonyl (C=O) groups is 1. The van der Waals surface area contributed by atoms with Crippen LogP contribution in [0.1, 0.15) is 18.5 Å². The number of hydrogen-bond donors (Lipinski definition) is 0. The molecule has 0 aromatic heterocycles. The maximum Gasteiger partial charge on any atom is 0.335 e. The number of sulfonamides is 1. The van der Waals surface area contributed by atoms with Crippen LogP contribution in [0.25, 0.3) is 0 Å². The molecular weight excluding hydrogens is 374 g/mol. The van der Waals surface area contributed by atoms with E-state index in [0.717, 1.165) is 0 Å². The number of ether oxygens (including phenoxy) is 1. The Morgan fingerprint density at radius 2 is 1.81 bits per heavy atom. The van der Waals surface area contributed by atoms with Crippen LogP contribution in [0.2, 0.25) is 5.02 Å². The lowest BCUT2D eigenvalue weighted by atomic mass is 10.0. The largest absolute Gasteiger partial charge is 0.463 e. The molecule has 1 aliphatic rings. The lowest BCUT2D eigenvalue weighted by Gasteiger charge is -2.26. The second-order valence-corrected chi connectivity index (χ2v) is 7.96.